The molecule has 1 unspecified atom stereocenters. The van der Waals surface area contributed by atoms with Gasteiger partial charge in [-0.3, -0.25) is 9.59 Å². The summed E-state index contributed by atoms with van der Waals surface area (Å²) in [6, 6.07) is 3.18. The molecule has 1 atom stereocenters. The van der Waals surface area contributed by atoms with Gasteiger partial charge in [-0.05, 0) is 37.5 Å². The van der Waals surface area contributed by atoms with E-state index in [1.54, 1.807) is 4.90 Å². The number of anilines is 1. The van der Waals surface area contributed by atoms with Crippen LogP contribution in [0.25, 0.3) is 0 Å². The summed E-state index contributed by atoms with van der Waals surface area (Å²) in [6.45, 7) is 1.46. The van der Waals surface area contributed by atoms with E-state index in [0.29, 0.717) is 11.3 Å². The zero-order valence-corrected chi connectivity index (χ0v) is 11.7. The molecule has 3 rings (SSSR count). The Morgan fingerprint density at radius 3 is 2.71 bits per heavy atom. The van der Waals surface area contributed by atoms with Gasteiger partial charge in [0.25, 0.3) is 0 Å². The molecule has 0 spiro atoms. The first-order valence-corrected chi connectivity index (χ1v) is 7.22. The highest BCUT2D eigenvalue weighted by molar-refractivity contribution is 6.07. The summed E-state index contributed by atoms with van der Waals surface area (Å²) in [5.41, 5.74) is 6.81. The van der Waals surface area contributed by atoms with Crippen LogP contribution in [0.5, 0.6) is 0 Å². The van der Waals surface area contributed by atoms with Crippen molar-refractivity contribution in [2.24, 2.45) is 5.73 Å². The van der Waals surface area contributed by atoms with Crippen LogP contribution in [0.3, 0.4) is 0 Å². The number of fused-ring (bicyclic) bond motifs is 1. The highest BCUT2D eigenvalue weighted by Crippen LogP contribution is 2.34. The van der Waals surface area contributed by atoms with Crippen LogP contribution in [-0.4, -0.2) is 36.3 Å². The third-order valence-electron chi connectivity index (χ3n) is 4.15. The molecule has 2 amide bonds. The fourth-order valence-electron chi connectivity index (χ4n) is 2.98. The molecule has 2 heterocycles. The van der Waals surface area contributed by atoms with E-state index in [0.717, 1.165) is 32.4 Å². The number of carbonyl (C=O) groups excluding carboxylic acids is 2. The van der Waals surface area contributed by atoms with Gasteiger partial charge in [-0.1, -0.05) is 0 Å². The van der Waals surface area contributed by atoms with Crippen LogP contribution in [0.15, 0.2) is 18.2 Å². The molecule has 1 fully saturated rings. The Bertz CT molecular complexity index is 584. The fraction of sp³-hybridized carbons (Fsp3) is 0.467. The molecule has 6 heteroatoms. The predicted octanol–water partition coefficient (Wildman–Crippen LogP) is 1.18. The molecule has 0 aromatic heterocycles. The average Bonchev–Trinajstić information content (AvgIpc) is 2.73. The van der Waals surface area contributed by atoms with Crippen LogP contribution in [0.1, 0.15) is 30.9 Å². The molecule has 21 heavy (non-hydrogen) atoms. The molecule has 0 radical (unpaired) electrons. The smallest absolute Gasteiger partial charge is 0.249 e. The number of likely N-dealkylation sites (tertiary alicyclic amines) is 1. The van der Waals surface area contributed by atoms with Crippen molar-refractivity contribution in [2.75, 3.05) is 24.5 Å². The summed E-state index contributed by atoms with van der Waals surface area (Å²) in [5.74, 6) is -0.852. The number of nitrogens with zero attached hydrogens (tertiary/aromatic N) is 2. The van der Waals surface area contributed by atoms with Crippen LogP contribution in [-0.2, 0) is 9.59 Å². The summed E-state index contributed by atoms with van der Waals surface area (Å²) >= 11 is 0. The van der Waals surface area contributed by atoms with Gasteiger partial charge < -0.3 is 15.5 Å². The summed E-state index contributed by atoms with van der Waals surface area (Å²) in [6.07, 6.45) is 3.14. The molecule has 1 aromatic rings. The summed E-state index contributed by atoms with van der Waals surface area (Å²) < 4.78 is 13.3. The highest BCUT2D eigenvalue weighted by Gasteiger charge is 2.36. The zero-order valence-electron chi connectivity index (χ0n) is 11.7. The molecule has 2 aliphatic heterocycles. The summed E-state index contributed by atoms with van der Waals surface area (Å²) in [5, 5.41) is 0. The Hall–Kier alpha value is -1.95. The normalized spacial score (nSPS) is 21.6. The van der Waals surface area contributed by atoms with Crippen molar-refractivity contribution in [1.82, 2.24) is 4.90 Å². The molecule has 112 valence electrons. The zero-order chi connectivity index (χ0) is 15.0. The number of benzene rings is 1. The van der Waals surface area contributed by atoms with Crippen molar-refractivity contribution in [1.29, 1.82) is 0 Å². The Labute approximate surface area is 122 Å². The molecule has 1 aromatic carbocycles. The number of amides is 2. The Kier molecular flexibility index (Phi) is 3.63. The molecule has 2 aliphatic rings. The van der Waals surface area contributed by atoms with Crippen LogP contribution in [0.2, 0.25) is 0 Å². The molecular formula is C15H18FN3O2. The summed E-state index contributed by atoms with van der Waals surface area (Å²) in [7, 11) is 0. The van der Waals surface area contributed by atoms with E-state index >= 15 is 0 Å². The van der Waals surface area contributed by atoms with Crippen molar-refractivity contribution in [3.63, 3.8) is 0 Å². The first kappa shape index (κ1) is 14.0. The largest absolute Gasteiger partial charge is 0.341 e. The molecule has 0 saturated carbocycles. The SMILES string of the molecule is NC1C(=O)N(CC(=O)N2CCCCC2)c2ccc(F)cc21. The highest BCUT2D eigenvalue weighted by atomic mass is 19.1. The van der Waals surface area contributed by atoms with Crippen LogP contribution in [0.4, 0.5) is 10.1 Å². The van der Waals surface area contributed by atoms with Gasteiger partial charge in [0.15, 0.2) is 0 Å². The van der Waals surface area contributed by atoms with Gasteiger partial charge in [0, 0.05) is 24.3 Å². The van der Waals surface area contributed by atoms with Crippen LogP contribution in [0, 0.1) is 5.82 Å². The van der Waals surface area contributed by atoms with E-state index in [4.69, 9.17) is 5.73 Å². The lowest BCUT2D eigenvalue weighted by atomic mass is 10.1. The third-order valence-corrected chi connectivity index (χ3v) is 4.15. The standard InChI is InChI=1S/C15H18FN3O2/c16-10-4-5-12-11(8-10)14(17)15(21)19(12)9-13(20)18-6-2-1-3-7-18/h4-5,8,14H,1-3,6-7,9,17H2. The van der Waals surface area contributed by atoms with E-state index in [1.807, 2.05) is 0 Å². The maximum Gasteiger partial charge on any atom is 0.249 e. The minimum absolute atomic E-state index is 0.0227. The number of hydrogen-bond donors (Lipinski definition) is 1. The second-order valence-electron chi connectivity index (χ2n) is 5.55. The molecule has 5 nitrogen and oxygen atoms in total. The van der Waals surface area contributed by atoms with Gasteiger partial charge in [0.2, 0.25) is 11.8 Å². The monoisotopic (exact) mass is 291 g/mol. The maximum absolute atomic E-state index is 13.3. The third kappa shape index (κ3) is 2.51. The minimum atomic E-state index is -0.884. The number of carbonyl (C=O) groups is 2. The molecule has 0 aliphatic carbocycles. The van der Waals surface area contributed by atoms with Gasteiger partial charge >= 0.3 is 0 Å². The van der Waals surface area contributed by atoms with Crippen molar-refractivity contribution >= 4 is 17.5 Å². The van der Waals surface area contributed by atoms with E-state index in [2.05, 4.69) is 0 Å². The number of halogens is 1. The van der Waals surface area contributed by atoms with Crippen LogP contribution >= 0.6 is 0 Å². The number of nitrogens with two attached hydrogens (primary N) is 1. The lowest BCUT2D eigenvalue weighted by molar-refractivity contribution is -0.132. The van der Waals surface area contributed by atoms with Crippen molar-refractivity contribution < 1.29 is 14.0 Å². The van der Waals surface area contributed by atoms with E-state index in [1.165, 1.54) is 23.1 Å². The average molecular weight is 291 g/mol. The van der Waals surface area contributed by atoms with Gasteiger partial charge in [0.05, 0.1) is 0 Å². The minimum Gasteiger partial charge on any atom is -0.341 e. The lowest BCUT2D eigenvalue weighted by Gasteiger charge is -2.28. The lowest BCUT2D eigenvalue weighted by Crippen LogP contribution is -2.44. The molecule has 0 bridgehead atoms. The second kappa shape index (κ2) is 5.44. The summed E-state index contributed by atoms with van der Waals surface area (Å²) in [4.78, 5) is 27.7. The Morgan fingerprint density at radius 2 is 2.00 bits per heavy atom. The first-order valence-electron chi connectivity index (χ1n) is 7.22. The van der Waals surface area contributed by atoms with E-state index in [9.17, 15) is 14.0 Å². The molecule has 2 N–H and O–H groups in total. The van der Waals surface area contributed by atoms with Gasteiger partial charge in [-0.25, -0.2) is 4.39 Å². The maximum atomic E-state index is 13.3. The number of piperidine rings is 1. The first-order chi connectivity index (χ1) is 10.1. The Morgan fingerprint density at radius 1 is 1.29 bits per heavy atom. The quantitative estimate of drug-likeness (QED) is 0.890. The van der Waals surface area contributed by atoms with Gasteiger partial charge in [0.1, 0.15) is 18.4 Å². The molecular weight excluding hydrogens is 273 g/mol. The fourth-order valence-corrected chi connectivity index (χ4v) is 2.98. The van der Waals surface area contributed by atoms with Crippen LogP contribution < -0.4 is 10.6 Å². The van der Waals surface area contributed by atoms with Crippen molar-refractivity contribution in [3.05, 3.63) is 29.6 Å². The second-order valence-corrected chi connectivity index (χ2v) is 5.55. The number of hydrogen-bond acceptors (Lipinski definition) is 3. The van der Waals surface area contributed by atoms with Crippen molar-refractivity contribution in [2.45, 2.75) is 25.3 Å². The molecule has 1 saturated heterocycles. The van der Waals surface area contributed by atoms with E-state index in [-0.39, 0.29) is 18.4 Å². The topological polar surface area (TPSA) is 66.6 Å². The van der Waals surface area contributed by atoms with Crippen molar-refractivity contribution in [3.8, 4) is 0 Å². The number of rotatable bonds is 2. The van der Waals surface area contributed by atoms with E-state index < -0.39 is 11.9 Å². The van der Waals surface area contributed by atoms with Gasteiger partial charge in [-0.15, -0.1) is 0 Å². The predicted molar refractivity (Wildman–Crippen MR) is 76.1 cm³/mol. The van der Waals surface area contributed by atoms with Gasteiger partial charge in [-0.2, -0.15) is 0 Å². The Balaban J connectivity index is 1.80.